The van der Waals surface area contributed by atoms with Crippen molar-refractivity contribution in [3.63, 3.8) is 0 Å². The summed E-state index contributed by atoms with van der Waals surface area (Å²) in [6, 6.07) is 1.82. The van der Waals surface area contributed by atoms with Crippen LogP contribution in [0.5, 0.6) is 0 Å². The zero-order chi connectivity index (χ0) is 11.2. The molecule has 0 bridgehead atoms. The zero-order valence-corrected chi connectivity index (χ0v) is 9.83. The van der Waals surface area contributed by atoms with Crippen LogP contribution in [-0.2, 0) is 9.22 Å². The Morgan fingerprint density at radius 1 is 1.57 bits per heavy atom. The molecule has 0 fully saturated rings. The molecule has 76 valence electrons. The maximum absolute atomic E-state index is 11.4. The second-order valence-corrected chi connectivity index (χ2v) is 8.18. The van der Waals surface area contributed by atoms with Gasteiger partial charge >= 0.3 is 5.97 Å². The molecular weight excluding hydrogens is 194 g/mol. The third-order valence-electron chi connectivity index (χ3n) is 1.23. The molecule has 0 heterocycles. The summed E-state index contributed by atoms with van der Waals surface area (Å²) in [6.07, 6.45) is 3.65. The van der Waals surface area contributed by atoms with E-state index in [1.54, 1.807) is 6.08 Å². The minimum absolute atomic E-state index is 0.0623. The molecule has 0 N–H and O–H groups in total. The summed E-state index contributed by atoms with van der Waals surface area (Å²) in [7, 11) is -1.91. The lowest BCUT2D eigenvalue weighted by Gasteiger charge is -2.16. The summed E-state index contributed by atoms with van der Waals surface area (Å²) in [5.41, 5.74) is 0.0623. The molecule has 0 aliphatic rings. The molecule has 0 unspecified atom stereocenters. The van der Waals surface area contributed by atoms with Gasteiger partial charge in [-0.15, -0.1) is 6.58 Å². The van der Waals surface area contributed by atoms with E-state index in [1.807, 2.05) is 25.7 Å². The highest BCUT2D eigenvalue weighted by Gasteiger charge is 2.22. The van der Waals surface area contributed by atoms with Gasteiger partial charge in [-0.1, -0.05) is 12.2 Å². The minimum Gasteiger partial charge on any atom is -0.516 e. The van der Waals surface area contributed by atoms with Gasteiger partial charge in [-0.05, 0) is 26.1 Å². The second kappa shape index (κ2) is 5.40. The molecule has 0 spiro atoms. The van der Waals surface area contributed by atoms with Crippen LogP contribution >= 0.6 is 0 Å². The molecule has 0 aromatic rings. The number of rotatable bonds is 4. The number of nitrogens with zero attached hydrogens (tertiary/aromatic N) is 1. The third kappa shape index (κ3) is 5.33. The maximum atomic E-state index is 11.4. The number of carbonyl (C=O) groups excluding carboxylic acids is 1. The topological polar surface area (TPSA) is 50.1 Å². The van der Waals surface area contributed by atoms with Gasteiger partial charge in [-0.3, -0.25) is 0 Å². The molecule has 14 heavy (non-hydrogen) atoms. The van der Waals surface area contributed by atoms with Gasteiger partial charge in [0.15, 0.2) is 0 Å². The zero-order valence-electron chi connectivity index (χ0n) is 8.83. The van der Waals surface area contributed by atoms with Crippen molar-refractivity contribution in [1.29, 1.82) is 5.26 Å². The van der Waals surface area contributed by atoms with Crippen LogP contribution in [0.2, 0.25) is 19.6 Å². The predicted octanol–water partition coefficient (Wildman–Crippen LogP) is 2.39. The molecule has 0 aliphatic carbocycles. The highest BCUT2D eigenvalue weighted by molar-refractivity contribution is 6.71. The molecule has 0 amide bonds. The molecule has 0 saturated heterocycles. The highest BCUT2D eigenvalue weighted by Crippen LogP contribution is 2.08. The van der Waals surface area contributed by atoms with Crippen molar-refractivity contribution in [2.45, 2.75) is 26.1 Å². The molecule has 3 nitrogen and oxygen atoms in total. The van der Waals surface area contributed by atoms with Crippen LogP contribution in [0.3, 0.4) is 0 Å². The first-order valence-corrected chi connectivity index (χ1v) is 7.76. The monoisotopic (exact) mass is 209 g/mol. The smallest absolute Gasteiger partial charge is 0.335 e. The molecular formula is C10H15NO2Si. The Hall–Kier alpha value is -1.34. The Labute approximate surface area is 85.8 Å². The van der Waals surface area contributed by atoms with Gasteiger partial charge in [0, 0.05) is 0 Å². The first kappa shape index (κ1) is 12.7. The number of hydrogen-bond donors (Lipinski definition) is 0. The average Bonchev–Trinajstić information content (AvgIpc) is 2.02. The summed E-state index contributed by atoms with van der Waals surface area (Å²) in [6.45, 7) is 9.19. The fourth-order valence-corrected chi connectivity index (χ4v) is 1.38. The lowest BCUT2D eigenvalue weighted by atomic mass is 10.2. The first-order valence-electron chi connectivity index (χ1n) is 4.35. The van der Waals surface area contributed by atoms with Crippen molar-refractivity contribution < 1.29 is 9.22 Å². The van der Waals surface area contributed by atoms with Crippen molar-refractivity contribution in [2.75, 3.05) is 0 Å². The van der Waals surface area contributed by atoms with E-state index < -0.39 is 14.3 Å². The van der Waals surface area contributed by atoms with Crippen LogP contribution in [0.25, 0.3) is 0 Å². The summed E-state index contributed by atoms with van der Waals surface area (Å²) in [4.78, 5) is 11.4. The maximum Gasteiger partial charge on any atom is 0.335 e. The second-order valence-electron chi connectivity index (χ2n) is 3.76. The van der Waals surface area contributed by atoms with Crippen molar-refractivity contribution in [2.24, 2.45) is 0 Å². The van der Waals surface area contributed by atoms with Crippen LogP contribution < -0.4 is 0 Å². The highest BCUT2D eigenvalue weighted by atomic mass is 28.4. The fourth-order valence-electron chi connectivity index (χ4n) is 0.709. The lowest BCUT2D eigenvalue weighted by Crippen LogP contribution is -2.29. The minimum atomic E-state index is -1.91. The van der Waals surface area contributed by atoms with Gasteiger partial charge in [-0.25, -0.2) is 4.79 Å². The normalized spacial score (nSPS) is 11.7. The van der Waals surface area contributed by atoms with Gasteiger partial charge in [0.2, 0.25) is 8.32 Å². The standard InChI is InChI=1S/C10H15NO2Si/c1-5-6-7-9(8-11)10(12)13-14(2,3)4/h5,7H,1,6H2,2-4H3. The number of carbonyl (C=O) groups is 1. The summed E-state index contributed by atoms with van der Waals surface area (Å²) >= 11 is 0. The fraction of sp³-hybridized carbons (Fsp3) is 0.400. The molecule has 0 radical (unpaired) electrons. The quantitative estimate of drug-likeness (QED) is 0.309. The Morgan fingerprint density at radius 2 is 2.14 bits per heavy atom. The van der Waals surface area contributed by atoms with Crippen molar-refractivity contribution in [3.05, 3.63) is 24.3 Å². The molecule has 0 aromatic heterocycles. The SMILES string of the molecule is C=CCC=C(C#N)C(=O)O[Si](C)(C)C. The van der Waals surface area contributed by atoms with Crippen molar-refractivity contribution in [1.82, 2.24) is 0 Å². The van der Waals surface area contributed by atoms with E-state index in [2.05, 4.69) is 6.58 Å². The number of nitriles is 1. The van der Waals surface area contributed by atoms with Crippen molar-refractivity contribution in [3.8, 4) is 6.07 Å². The van der Waals surface area contributed by atoms with Crippen LogP contribution in [-0.4, -0.2) is 14.3 Å². The van der Waals surface area contributed by atoms with Crippen LogP contribution in [0.1, 0.15) is 6.42 Å². The molecule has 0 atom stereocenters. The average molecular weight is 209 g/mol. The molecule has 0 aromatic carbocycles. The number of allylic oxidation sites excluding steroid dienone is 2. The summed E-state index contributed by atoms with van der Waals surface area (Å²) in [5.74, 6) is -0.520. The van der Waals surface area contributed by atoms with Gasteiger partial charge in [0.1, 0.15) is 11.6 Å². The van der Waals surface area contributed by atoms with Crippen LogP contribution in [0, 0.1) is 11.3 Å². The van der Waals surface area contributed by atoms with Gasteiger partial charge in [-0.2, -0.15) is 5.26 Å². The van der Waals surface area contributed by atoms with E-state index in [0.29, 0.717) is 6.42 Å². The van der Waals surface area contributed by atoms with Gasteiger partial charge in [0.25, 0.3) is 0 Å². The number of hydrogen-bond acceptors (Lipinski definition) is 3. The van der Waals surface area contributed by atoms with Crippen molar-refractivity contribution >= 4 is 14.3 Å². The van der Waals surface area contributed by atoms with Gasteiger partial charge < -0.3 is 4.43 Å². The van der Waals surface area contributed by atoms with E-state index in [4.69, 9.17) is 9.69 Å². The van der Waals surface area contributed by atoms with Gasteiger partial charge in [0.05, 0.1) is 0 Å². The van der Waals surface area contributed by atoms with Crippen LogP contribution in [0.15, 0.2) is 24.3 Å². The van der Waals surface area contributed by atoms with Crippen LogP contribution in [0.4, 0.5) is 0 Å². The first-order chi connectivity index (χ1) is 6.40. The lowest BCUT2D eigenvalue weighted by molar-refractivity contribution is -0.130. The van der Waals surface area contributed by atoms with E-state index in [0.717, 1.165) is 0 Å². The third-order valence-corrected chi connectivity index (χ3v) is 2.03. The Balaban J connectivity index is 4.50. The van der Waals surface area contributed by atoms with E-state index in [1.165, 1.54) is 6.08 Å². The summed E-state index contributed by atoms with van der Waals surface area (Å²) in [5, 5.41) is 8.68. The molecule has 4 heteroatoms. The predicted molar refractivity (Wildman–Crippen MR) is 57.9 cm³/mol. The molecule has 0 rings (SSSR count). The largest absolute Gasteiger partial charge is 0.516 e. The van der Waals surface area contributed by atoms with E-state index >= 15 is 0 Å². The van der Waals surface area contributed by atoms with E-state index in [-0.39, 0.29) is 5.57 Å². The Bertz CT molecular complexity index is 294. The molecule has 0 aliphatic heterocycles. The van der Waals surface area contributed by atoms with E-state index in [9.17, 15) is 4.79 Å². The molecule has 0 saturated carbocycles. The Morgan fingerprint density at radius 3 is 2.50 bits per heavy atom. The summed E-state index contributed by atoms with van der Waals surface area (Å²) < 4.78 is 5.16. The Kier molecular flexibility index (Phi) is 4.88.